The average molecular weight is 429 g/mol. The Hall–Kier alpha value is -1.60. The van der Waals surface area contributed by atoms with Crippen molar-refractivity contribution in [3.63, 3.8) is 0 Å². The minimum atomic E-state index is -0.387. The average Bonchev–Trinajstić information content (AvgIpc) is 3.10. The van der Waals surface area contributed by atoms with Crippen molar-refractivity contribution in [2.45, 2.75) is 32.9 Å². The molecule has 0 unspecified atom stereocenters. The van der Waals surface area contributed by atoms with Crippen molar-refractivity contribution < 1.29 is 9.21 Å². The Bertz CT molecular complexity index is 716. The Morgan fingerprint density at radius 3 is 2.39 bits per heavy atom. The van der Waals surface area contributed by atoms with Gasteiger partial charge in [0.1, 0.15) is 0 Å². The first-order chi connectivity index (χ1) is 12.5. The number of hydrogen-bond acceptors (Lipinski definition) is 5. The van der Waals surface area contributed by atoms with Crippen LogP contribution in [-0.2, 0) is 11.3 Å². The molecule has 28 heavy (non-hydrogen) atoms. The van der Waals surface area contributed by atoms with Gasteiger partial charge in [-0.05, 0) is 12.3 Å². The van der Waals surface area contributed by atoms with E-state index in [1.165, 1.54) is 0 Å². The van der Waals surface area contributed by atoms with E-state index < -0.39 is 0 Å². The fourth-order valence-electron chi connectivity index (χ4n) is 3.28. The standard InChI is InChI=1S/C20H28N4O2.2ClH/c1-15(2)12-17(21)20(25)24-10-8-23(9-11-24)14-19-22-13-18(26-19)16-6-4-3-5-7-16;;/h3-7,13,15,17H,8-12,14,21H2,1-2H3;2*1H/t17-;;/m0../s1. The van der Waals surface area contributed by atoms with Gasteiger partial charge in [0.25, 0.3) is 0 Å². The lowest BCUT2D eigenvalue weighted by Gasteiger charge is -2.35. The molecule has 0 saturated carbocycles. The molecule has 1 saturated heterocycles. The Balaban J connectivity index is 0.00000196. The van der Waals surface area contributed by atoms with Gasteiger partial charge in [0, 0.05) is 31.7 Å². The van der Waals surface area contributed by atoms with Crippen LogP contribution in [0, 0.1) is 5.92 Å². The molecule has 1 atom stereocenters. The molecule has 1 aliphatic heterocycles. The van der Waals surface area contributed by atoms with E-state index in [1.54, 1.807) is 6.20 Å². The predicted octanol–water partition coefficient (Wildman–Crippen LogP) is 3.20. The van der Waals surface area contributed by atoms with E-state index in [9.17, 15) is 4.79 Å². The number of aromatic nitrogens is 1. The van der Waals surface area contributed by atoms with Crippen LogP contribution in [0.1, 0.15) is 26.2 Å². The first-order valence-corrected chi connectivity index (χ1v) is 9.30. The van der Waals surface area contributed by atoms with Crippen LogP contribution in [0.4, 0.5) is 0 Å². The number of rotatable bonds is 6. The molecule has 1 aromatic heterocycles. The van der Waals surface area contributed by atoms with Crippen molar-refractivity contribution in [1.29, 1.82) is 0 Å². The lowest BCUT2D eigenvalue weighted by atomic mass is 10.0. The Morgan fingerprint density at radius 1 is 1.14 bits per heavy atom. The highest BCUT2D eigenvalue weighted by Gasteiger charge is 2.26. The molecule has 8 heteroatoms. The minimum Gasteiger partial charge on any atom is -0.439 e. The molecule has 156 valence electrons. The third-order valence-electron chi connectivity index (χ3n) is 4.70. The van der Waals surface area contributed by atoms with Crippen LogP contribution in [0.2, 0.25) is 0 Å². The number of benzene rings is 1. The van der Waals surface area contributed by atoms with Crippen molar-refractivity contribution >= 4 is 30.7 Å². The maximum atomic E-state index is 12.4. The first kappa shape index (κ1) is 24.4. The largest absolute Gasteiger partial charge is 0.439 e. The number of nitrogens with zero attached hydrogens (tertiary/aromatic N) is 3. The second kappa shape index (κ2) is 11.4. The maximum Gasteiger partial charge on any atom is 0.239 e. The molecule has 6 nitrogen and oxygen atoms in total. The Morgan fingerprint density at radius 2 is 1.79 bits per heavy atom. The van der Waals surface area contributed by atoms with Crippen LogP contribution in [0.3, 0.4) is 0 Å². The summed E-state index contributed by atoms with van der Waals surface area (Å²) < 4.78 is 5.88. The van der Waals surface area contributed by atoms with Gasteiger partial charge in [0.05, 0.1) is 18.8 Å². The normalized spacial score (nSPS) is 15.6. The summed E-state index contributed by atoms with van der Waals surface area (Å²) in [6.07, 6.45) is 2.51. The van der Waals surface area contributed by atoms with E-state index in [0.717, 1.165) is 30.8 Å². The smallest absolute Gasteiger partial charge is 0.239 e. The number of halogens is 2. The van der Waals surface area contributed by atoms with E-state index in [-0.39, 0.29) is 36.8 Å². The van der Waals surface area contributed by atoms with E-state index in [0.29, 0.717) is 31.4 Å². The molecule has 0 bridgehead atoms. The number of carbonyl (C=O) groups excluding carboxylic acids is 1. The summed E-state index contributed by atoms with van der Waals surface area (Å²) in [6, 6.07) is 9.58. The van der Waals surface area contributed by atoms with Gasteiger partial charge >= 0.3 is 0 Å². The predicted molar refractivity (Wildman–Crippen MR) is 116 cm³/mol. The quantitative estimate of drug-likeness (QED) is 0.763. The molecule has 2 N–H and O–H groups in total. The van der Waals surface area contributed by atoms with Crippen LogP contribution in [0.15, 0.2) is 40.9 Å². The van der Waals surface area contributed by atoms with E-state index in [2.05, 4.69) is 23.7 Å². The fraction of sp³-hybridized carbons (Fsp3) is 0.500. The van der Waals surface area contributed by atoms with Crippen LogP contribution >= 0.6 is 24.8 Å². The molecule has 0 radical (unpaired) electrons. The van der Waals surface area contributed by atoms with Gasteiger partial charge in [0.2, 0.25) is 11.8 Å². The topological polar surface area (TPSA) is 75.6 Å². The van der Waals surface area contributed by atoms with E-state index in [4.69, 9.17) is 10.2 Å². The summed E-state index contributed by atoms with van der Waals surface area (Å²) in [6.45, 7) is 7.86. The van der Waals surface area contributed by atoms with Crippen LogP contribution in [0.25, 0.3) is 11.3 Å². The van der Waals surface area contributed by atoms with E-state index in [1.807, 2.05) is 35.2 Å². The maximum absolute atomic E-state index is 12.4. The molecule has 2 heterocycles. The molecule has 2 aromatic rings. The molecule has 1 aliphatic rings. The number of amides is 1. The summed E-state index contributed by atoms with van der Waals surface area (Å²) in [4.78, 5) is 20.9. The summed E-state index contributed by atoms with van der Waals surface area (Å²) in [5.74, 6) is 1.99. The highest BCUT2D eigenvalue weighted by atomic mass is 35.5. The zero-order valence-corrected chi connectivity index (χ0v) is 18.0. The van der Waals surface area contributed by atoms with Crippen molar-refractivity contribution in [1.82, 2.24) is 14.8 Å². The monoisotopic (exact) mass is 428 g/mol. The molecule has 1 amide bonds. The molecule has 1 aromatic carbocycles. The van der Waals surface area contributed by atoms with Crippen LogP contribution < -0.4 is 5.73 Å². The molecular formula is C20H30Cl2N4O2. The fourth-order valence-corrected chi connectivity index (χ4v) is 3.28. The van der Waals surface area contributed by atoms with Crippen molar-refractivity contribution in [2.24, 2.45) is 11.7 Å². The summed E-state index contributed by atoms with van der Waals surface area (Å²) in [7, 11) is 0. The SMILES string of the molecule is CC(C)C[C@H](N)C(=O)N1CCN(Cc2ncc(-c3ccccc3)o2)CC1.Cl.Cl. The van der Waals surface area contributed by atoms with E-state index >= 15 is 0 Å². The molecule has 0 spiro atoms. The lowest BCUT2D eigenvalue weighted by Crippen LogP contribution is -2.53. The van der Waals surface area contributed by atoms with Gasteiger partial charge in [0.15, 0.2) is 5.76 Å². The second-order valence-electron chi connectivity index (χ2n) is 7.32. The number of oxazole rings is 1. The minimum absolute atomic E-state index is 0. The first-order valence-electron chi connectivity index (χ1n) is 9.30. The molecular weight excluding hydrogens is 399 g/mol. The van der Waals surface area contributed by atoms with Gasteiger partial charge < -0.3 is 15.1 Å². The number of carbonyl (C=O) groups is 1. The van der Waals surface area contributed by atoms with Gasteiger partial charge in [-0.3, -0.25) is 9.69 Å². The number of hydrogen-bond donors (Lipinski definition) is 1. The van der Waals surface area contributed by atoms with Crippen molar-refractivity contribution in [3.05, 3.63) is 42.4 Å². The highest BCUT2D eigenvalue weighted by Crippen LogP contribution is 2.20. The Kier molecular flexibility index (Phi) is 9.96. The summed E-state index contributed by atoms with van der Waals surface area (Å²) in [5.41, 5.74) is 7.06. The van der Waals surface area contributed by atoms with Gasteiger partial charge in [-0.1, -0.05) is 44.2 Å². The molecule has 3 rings (SSSR count). The van der Waals surface area contributed by atoms with Crippen molar-refractivity contribution in [2.75, 3.05) is 26.2 Å². The lowest BCUT2D eigenvalue weighted by molar-refractivity contribution is -0.134. The third-order valence-corrected chi connectivity index (χ3v) is 4.70. The Labute approximate surface area is 179 Å². The molecule has 0 aliphatic carbocycles. The van der Waals surface area contributed by atoms with Gasteiger partial charge in [-0.15, -0.1) is 24.8 Å². The number of nitrogens with two attached hydrogens (primary N) is 1. The summed E-state index contributed by atoms with van der Waals surface area (Å²) >= 11 is 0. The summed E-state index contributed by atoms with van der Waals surface area (Å²) in [5, 5.41) is 0. The second-order valence-corrected chi connectivity index (χ2v) is 7.32. The zero-order valence-electron chi connectivity index (χ0n) is 16.4. The van der Waals surface area contributed by atoms with Crippen LogP contribution in [0.5, 0.6) is 0 Å². The zero-order chi connectivity index (χ0) is 18.5. The van der Waals surface area contributed by atoms with Crippen LogP contribution in [-0.4, -0.2) is 52.9 Å². The molecule has 1 fully saturated rings. The highest BCUT2D eigenvalue weighted by molar-refractivity contribution is 5.85. The number of piperazine rings is 1. The third kappa shape index (κ3) is 6.48. The van der Waals surface area contributed by atoms with Crippen molar-refractivity contribution in [3.8, 4) is 11.3 Å². The van der Waals surface area contributed by atoms with Gasteiger partial charge in [-0.2, -0.15) is 0 Å². The van der Waals surface area contributed by atoms with Gasteiger partial charge in [-0.25, -0.2) is 4.98 Å².